The van der Waals surface area contributed by atoms with Crippen LogP contribution >= 0.6 is 0 Å². The highest BCUT2D eigenvalue weighted by Gasteiger charge is 1.99. The van der Waals surface area contributed by atoms with Crippen molar-refractivity contribution < 1.29 is 0 Å². The van der Waals surface area contributed by atoms with Crippen molar-refractivity contribution in [3.63, 3.8) is 0 Å². The van der Waals surface area contributed by atoms with Gasteiger partial charge in [-0.2, -0.15) is 0 Å². The van der Waals surface area contributed by atoms with Gasteiger partial charge in [-0.15, -0.1) is 0 Å². The van der Waals surface area contributed by atoms with E-state index >= 15 is 0 Å². The highest BCUT2D eigenvalue weighted by molar-refractivity contribution is 5.55. The topological polar surface area (TPSA) is 3.24 Å². The molecule has 0 saturated heterocycles. The van der Waals surface area contributed by atoms with Gasteiger partial charge in [-0.05, 0) is 31.0 Å². The van der Waals surface area contributed by atoms with Gasteiger partial charge in [-0.25, -0.2) is 0 Å². The summed E-state index contributed by atoms with van der Waals surface area (Å²) < 4.78 is 0. The minimum Gasteiger partial charge on any atom is -0.375 e. The van der Waals surface area contributed by atoms with Gasteiger partial charge in [0.25, 0.3) is 0 Å². The molecule has 0 heterocycles. The van der Waals surface area contributed by atoms with Crippen LogP contribution in [0.2, 0.25) is 0 Å². The Hall–Kier alpha value is -1.24. The van der Waals surface area contributed by atoms with E-state index in [9.17, 15) is 0 Å². The average Bonchev–Trinajstić information content (AvgIpc) is 2.30. The van der Waals surface area contributed by atoms with Crippen LogP contribution in [0, 0.1) is 0 Å². The Bertz CT molecular complexity index is 311. The molecule has 0 atom stereocenters. The number of anilines is 1. The molecule has 0 aliphatic heterocycles. The van der Waals surface area contributed by atoms with Gasteiger partial charge in [0.15, 0.2) is 0 Å². The first-order chi connectivity index (χ1) is 7.77. The van der Waals surface area contributed by atoms with Crippen molar-refractivity contribution in [1.82, 2.24) is 0 Å². The van der Waals surface area contributed by atoms with Crippen LogP contribution in [-0.4, -0.2) is 13.6 Å². The molecule has 0 N–H and O–H groups in total. The molecular formula is C15H23N. The minimum atomic E-state index is 1.15. The van der Waals surface area contributed by atoms with Gasteiger partial charge in [-0.1, -0.05) is 44.1 Å². The Kier molecular flexibility index (Phi) is 5.69. The molecule has 0 fully saturated rings. The van der Waals surface area contributed by atoms with E-state index in [0.29, 0.717) is 0 Å². The summed E-state index contributed by atoms with van der Waals surface area (Å²) in [5.41, 5.74) is 2.58. The lowest BCUT2D eigenvalue weighted by Crippen LogP contribution is -2.18. The molecule has 1 rings (SSSR count). The molecule has 0 bridgehead atoms. The summed E-state index contributed by atoms with van der Waals surface area (Å²) in [5.74, 6) is 0. The van der Waals surface area contributed by atoms with Crippen molar-refractivity contribution >= 4 is 11.8 Å². The number of allylic oxidation sites excluding steroid dienone is 1. The molecular weight excluding hydrogens is 194 g/mol. The number of hydrogen-bond acceptors (Lipinski definition) is 1. The molecule has 88 valence electrons. The predicted molar refractivity (Wildman–Crippen MR) is 73.9 cm³/mol. The van der Waals surface area contributed by atoms with Crippen LogP contribution in [0.1, 0.15) is 38.7 Å². The third-order valence-electron chi connectivity index (χ3n) is 2.79. The molecule has 1 nitrogen and oxygen atoms in total. The van der Waals surface area contributed by atoms with Gasteiger partial charge in [-0.3, -0.25) is 0 Å². The number of nitrogens with zero attached hydrogens (tertiary/aromatic N) is 1. The maximum Gasteiger partial charge on any atom is 0.0364 e. The van der Waals surface area contributed by atoms with Gasteiger partial charge in [0.1, 0.15) is 0 Å². The van der Waals surface area contributed by atoms with Crippen LogP contribution in [0.15, 0.2) is 30.3 Å². The molecule has 0 amide bonds. The second-order valence-electron chi connectivity index (χ2n) is 4.22. The molecule has 0 saturated carbocycles. The third-order valence-corrected chi connectivity index (χ3v) is 2.79. The summed E-state index contributed by atoms with van der Waals surface area (Å²) in [6.45, 7) is 5.44. The minimum absolute atomic E-state index is 1.15. The number of hydrogen-bond donors (Lipinski definition) is 0. The lowest BCUT2D eigenvalue weighted by molar-refractivity contribution is 0.705. The highest BCUT2D eigenvalue weighted by atomic mass is 15.1. The first kappa shape index (κ1) is 12.8. The second kappa shape index (κ2) is 7.10. The van der Waals surface area contributed by atoms with E-state index in [1.54, 1.807) is 0 Å². The Morgan fingerprint density at radius 1 is 1.12 bits per heavy atom. The van der Waals surface area contributed by atoms with E-state index < -0.39 is 0 Å². The monoisotopic (exact) mass is 217 g/mol. The Morgan fingerprint density at radius 3 is 2.38 bits per heavy atom. The largest absolute Gasteiger partial charge is 0.375 e. The van der Waals surface area contributed by atoms with Gasteiger partial charge in [0.2, 0.25) is 0 Å². The standard InChI is InChI=1S/C15H23N/c1-4-6-7-13-16(3)15-11-9-14(8-5-2)10-12-15/h5,8-12H,4,6-7,13H2,1-3H3/b8-5+. The Labute approximate surface area is 99.8 Å². The van der Waals surface area contributed by atoms with Gasteiger partial charge >= 0.3 is 0 Å². The molecule has 0 spiro atoms. The zero-order valence-electron chi connectivity index (χ0n) is 10.7. The van der Waals surface area contributed by atoms with E-state index in [2.05, 4.69) is 55.3 Å². The molecule has 1 heteroatoms. The summed E-state index contributed by atoms with van der Waals surface area (Å²) in [6, 6.07) is 8.74. The molecule has 0 aliphatic rings. The van der Waals surface area contributed by atoms with Crippen LogP contribution in [0.3, 0.4) is 0 Å². The summed E-state index contributed by atoms with van der Waals surface area (Å²) >= 11 is 0. The van der Waals surface area contributed by atoms with Crippen molar-refractivity contribution in [2.45, 2.75) is 33.1 Å². The molecule has 16 heavy (non-hydrogen) atoms. The normalized spacial score (nSPS) is 10.9. The molecule has 1 aromatic rings. The fourth-order valence-corrected chi connectivity index (χ4v) is 1.76. The summed E-state index contributed by atoms with van der Waals surface area (Å²) in [6.07, 6.45) is 8.08. The summed E-state index contributed by atoms with van der Waals surface area (Å²) in [5, 5.41) is 0. The van der Waals surface area contributed by atoms with E-state index in [0.717, 1.165) is 6.54 Å². The number of benzene rings is 1. The van der Waals surface area contributed by atoms with Crippen LogP contribution < -0.4 is 4.90 Å². The number of rotatable bonds is 6. The zero-order valence-corrected chi connectivity index (χ0v) is 10.7. The van der Waals surface area contributed by atoms with Crippen LogP contribution in [0.25, 0.3) is 6.08 Å². The lowest BCUT2D eigenvalue weighted by atomic mass is 10.2. The van der Waals surface area contributed by atoms with Crippen LogP contribution in [-0.2, 0) is 0 Å². The van der Waals surface area contributed by atoms with E-state index in [4.69, 9.17) is 0 Å². The smallest absolute Gasteiger partial charge is 0.0364 e. The fourth-order valence-electron chi connectivity index (χ4n) is 1.76. The quantitative estimate of drug-likeness (QED) is 0.640. The van der Waals surface area contributed by atoms with Gasteiger partial charge in [0.05, 0.1) is 0 Å². The first-order valence-corrected chi connectivity index (χ1v) is 6.21. The van der Waals surface area contributed by atoms with Crippen LogP contribution in [0.5, 0.6) is 0 Å². The van der Waals surface area contributed by atoms with Crippen molar-refractivity contribution in [2.75, 3.05) is 18.5 Å². The van der Waals surface area contributed by atoms with E-state index in [1.165, 1.54) is 30.5 Å². The maximum atomic E-state index is 2.33. The summed E-state index contributed by atoms with van der Waals surface area (Å²) in [7, 11) is 2.17. The Balaban J connectivity index is 2.52. The van der Waals surface area contributed by atoms with Crippen molar-refractivity contribution in [1.29, 1.82) is 0 Å². The second-order valence-corrected chi connectivity index (χ2v) is 4.22. The van der Waals surface area contributed by atoms with Crippen molar-refractivity contribution in [3.8, 4) is 0 Å². The molecule has 0 radical (unpaired) electrons. The number of unbranched alkanes of at least 4 members (excludes halogenated alkanes) is 2. The fraction of sp³-hybridized carbons (Fsp3) is 0.467. The van der Waals surface area contributed by atoms with Gasteiger partial charge < -0.3 is 4.90 Å². The Morgan fingerprint density at radius 2 is 1.81 bits per heavy atom. The van der Waals surface area contributed by atoms with E-state index in [-0.39, 0.29) is 0 Å². The lowest BCUT2D eigenvalue weighted by Gasteiger charge is -2.19. The summed E-state index contributed by atoms with van der Waals surface area (Å²) in [4.78, 5) is 2.33. The molecule has 0 unspecified atom stereocenters. The highest BCUT2D eigenvalue weighted by Crippen LogP contribution is 2.15. The SMILES string of the molecule is C/C=C/c1ccc(N(C)CCCCC)cc1. The predicted octanol–water partition coefficient (Wildman–Crippen LogP) is 4.35. The van der Waals surface area contributed by atoms with Gasteiger partial charge in [0, 0.05) is 19.3 Å². The van der Waals surface area contributed by atoms with Crippen LogP contribution in [0.4, 0.5) is 5.69 Å². The average molecular weight is 217 g/mol. The molecule has 1 aromatic carbocycles. The van der Waals surface area contributed by atoms with Crippen molar-refractivity contribution in [3.05, 3.63) is 35.9 Å². The first-order valence-electron chi connectivity index (χ1n) is 6.21. The van der Waals surface area contributed by atoms with Crippen molar-refractivity contribution in [2.24, 2.45) is 0 Å². The zero-order chi connectivity index (χ0) is 11.8. The molecule has 0 aliphatic carbocycles. The third kappa shape index (κ3) is 4.09. The van der Waals surface area contributed by atoms with E-state index in [1.807, 2.05) is 6.92 Å². The molecule has 0 aromatic heterocycles. The maximum absolute atomic E-state index is 2.33.